The average Bonchev–Trinajstić information content (AvgIpc) is 3.22. The number of hydrogen-bond acceptors (Lipinski definition) is 7. The van der Waals surface area contributed by atoms with Gasteiger partial charge in [-0.2, -0.15) is 10.4 Å². The summed E-state index contributed by atoms with van der Waals surface area (Å²) in [7, 11) is 2.10. The fourth-order valence-electron chi connectivity index (χ4n) is 3.97. The minimum absolute atomic E-state index is 0.130. The Morgan fingerprint density at radius 3 is 2.79 bits per heavy atom. The maximum absolute atomic E-state index is 12.9. The lowest BCUT2D eigenvalue weighted by molar-refractivity contribution is 0.0674. The first-order chi connectivity index (χ1) is 14.1. The number of anilines is 1. The topological polar surface area (TPSA) is 85.5 Å². The zero-order valence-corrected chi connectivity index (χ0v) is 17.3. The van der Waals surface area contributed by atoms with E-state index in [1.807, 2.05) is 0 Å². The number of carbonyl (C=O) groups is 1. The molecule has 9 heteroatoms. The van der Waals surface area contributed by atoms with Crippen LogP contribution in [0.2, 0.25) is 0 Å². The lowest BCUT2D eigenvalue weighted by Crippen LogP contribution is -2.46. The Balaban J connectivity index is 1.49. The number of likely N-dealkylation sites (N-methyl/N-ethyl adjacent to an activating group) is 1. The van der Waals surface area contributed by atoms with E-state index >= 15 is 0 Å². The first-order valence-electron chi connectivity index (χ1n) is 9.86. The van der Waals surface area contributed by atoms with Crippen molar-refractivity contribution in [2.45, 2.75) is 18.9 Å². The lowest BCUT2D eigenvalue weighted by atomic mass is 10.1. The van der Waals surface area contributed by atoms with Gasteiger partial charge >= 0.3 is 0 Å². The molecular formula is C20H24N6O2S. The molecule has 2 fully saturated rings. The highest BCUT2D eigenvalue weighted by atomic mass is 32.1. The van der Waals surface area contributed by atoms with Crippen molar-refractivity contribution in [1.29, 1.82) is 5.26 Å². The molecule has 0 aliphatic carbocycles. The second-order valence-electron chi connectivity index (χ2n) is 7.61. The zero-order chi connectivity index (χ0) is 20.4. The van der Waals surface area contributed by atoms with E-state index in [0.717, 1.165) is 44.7 Å². The van der Waals surface area contributed by atoms with E-state index in [4.69, 9.17) is 0 Å². The predicted octanol–water partition coefficient (Wildman–Crippen LogP) is 1.41. The number of piperidine rings is 1. The third kappa shape index (κ3) is 4.04. The highest BCUT2D eigenvalue weighted by Crippen LogP contribution is 2.25. The van der Waals surface area contributed by atoms with E-state index < -0.39 is 0 Å². The van der Waals surface area contributed by atoms with Crippen molar-refractivity contribution in [2.75, 3.05) is 51.2 Å². The molecule has 1 atom stereocenters. The fraction of sp³-hybridized carbons (Fsp3) is 0.500. The van der Waals surface area contributed by atoms with Gasteiger partial charge < -0.3 is 14.7 Å². The third-order valence-electron chi connectivity index (χ3n) is 5.69. The third-order valence-corrected chi connectivity index (χ3v) is 6.59. The van der Waals surface area contributed by atoms with Gasteiger partial charge in [0, 0.05) is 45.3 Å². The molecule has 2 saturated heterocycles. The summed E-state index contributed by atoms with van der Waals surface area (Å²) in [6.45, 7) is 4.77. The summed E-state index contributed by atoms with van der Waals surface area (Å²) < 4.78 is 1.51. The van der Waals surface area contributed by atoms with Crippen LogP contribution in [-0.2, 0) is 0 Å². The molecule has 0 radical (unpaired) electrons. The van der Waals surface area contributed by atoms with E-state index in [2.05, 4.69) is 28.0 Å². The van der Waals surface area contributed by atoms with Crippen LogP contribution in [0, 0.1) is 11.3 Å². The Bertz CT molecular complexity index is 985. The molecule has 1 amide bonds. The average molecular weight is 413 g/mol. The molecule has 0 saturated carbocycles. The van der Waals surface area contributed by atoms with Crippen LogP contribution in [0.1, 0.15) is 34.1 Å². The van der Waals surface area contributed by atoms with Crippen LogP contribution in [0.3, 0.4) is 0 Å². The summed E-state index contributed by atoms with van der Waals surface area (Å²) in [5, 5.41) is 15.4. The van der Waals surface area contributed by atoms with Gasteiger partial charge in [0.25, 0.3) is 11.5 Å². The number of aromatic nitrogens is 2. The normalized spacial score (nSPS) is 20.5. The lowest BCUT2D eigenvalue weighted by Gasteiger charge is -2.35. The highest BCUT2D eigenvalue weighted by molar-refractivity contribution is 7.12. The Hall–Kier alpha value is -2.70. The number of thiophene rings is 1. The molecule has 2 aliphatic heterocycles. The van der Waals surface area contributed by atoms with Crippen molar-refractivity contribution in [3.8, 4) is 6.07 Å². The van der Waals surface area contributed by atoms with E-state index in [0.29, 0.717) is 23.5 Å². The molecule has 0 bridgehead atoms. The van der Waals surface area contributed by atoms with Gasteiger partial charge in [0.1, 0.15) is 10.9 Å². The monoisotopic (exact) mass is 412 g/mol. The van der Waals surface area contributed by atoms with E-state index in [1.54, 1.807) is 28.6 Å². The number of nitriles is 1. The van der Waals surface area contributed by atoms with Crippen LogP contribution in [0.4, 0.5) is 5.69 Å². The number of likely N-dealkylation sites (tertiary alicyclic amines) is 1. The number of amides is 1. The quantitative estimate of drug-likeness (QED) is 0.758. The molecular weight excluding hydrogens is 388 g/mol. The fourth-order valence-corrected chi connectivity index (χ4v) is 4.78. The molecule has 4 heterocycles. The van der Waals surface area contributed by atoms with Crippen molar-refractivity contribution in [3.05, 3.63) is 44.5 Å². The van der Waals surface area contributed by atoms with Crippen molar-refractivity contribution < 1.29 is 4.79 Å². The van der Waals surface area contributed by atoms with Crippen LogP contribution in [0.15, 0.2) is 28.5 Å². The second kappa shape index (κ2) is 8.35. The minimum atomic E-state index is -0.146. The first kappa shape index (κ1) is 19.6. The van der Waals surface area contributed by atoms with Crippen molar-refractivity contribution in [2.24, 2.45) is 0 Å². The van der Waals surface area contributed by atoms with Crippen LogP contribution in [-0.4, -0.2) is 71.8 Å². The van der Waals surface area contributed by atoms with E-state index in [9.17, 15) is 14.9 Å². The molecule has 2 aromatic rings. The van der Waals surface area contributed by atoms with Gasteiger partial charge in [-0.3, -0.25) is 9.59 Å². The zero-order valence-electron chi connectivity index (χ0n) is 16.5. The molecule has 2 aliphatic rings. The number of nitrogens with zero attached hydrogens (tertiary/aromatic N) is 6. The summed E-state index contributed by atoms with van der Waals surface area (Å²) in [5.41, 5.74) is 1.14. The number of rotatable bonds is 3. The first-order valence-corrected chi connectivity index (χ1v) is 10.7. The standard InChI is InChI=1S/C20H24N6O2S/c1-23-6-8-24(9-7-23)17-11-18(27)26(22-13-17)16-3-2-5-25(14-16)20(28)19-15(12-21)4-10-29-19/h4,10-11,13,16H,2-3,5-9,14H2,1H3/t16-/m1/s1. The number of carbonyl (C=O) groups excluding carboxylic acids is 1. The summed E-state index contributed by atoms with van der Waals surface area (Å²) >= 11 is 1.29. The van der Waals surface area contributed by atoms with Gasteiger partial charge in [0.2, 0.25) is 0 Å². The molecule has 2 aromatic heterocycles. The summed E-state index contributed by atoms with van der Waals surface area (Å²) in [4.78, 5) is 32.3. The summed E-state index contributed by atoms with van der Waals surface area (Å²) in [6, 6.07) is 5.26. The van der Waals surface area contributed by atoms with Gasteiger partial charge in [0.05, 0.1) is 23.5 Å². The molecule has 152 valence electrons. The smallest absolute Gasteiger partial charge is 0.269 e. The largest absolute Gasteiger partial charge is 0.368 e. The van der Waals surface area contributed by atoms with Gasteiger partial charge in [-0.25, -0.2) is 4.68 Å². The second-order valence-corrected chi connectivity index (χ2v) is 8.53. The van der Waals surface area contributed by atoms with Crippen LogP contribution < -0.4 is 10.5 Å². The van der Waals surface area contributed by atoms with Crippen LogP contribution in [0.5, 0.6) is 0 Å². The van der Waals surface area contributed by atoms with Crippen molar-refractivity contribution >= 4 is 22.9 Å². The summed E-state index contributed by atoms with van der Waals surface area (Å²) in [5.74, 6) is -0.136. The van der Waals surface area contributed by atoms with Gasteiger partial charge in [0.15, 0.2) is 0 Å². The van der Waals surface area contributed by atoms with E-state index in [-0.39, 0.29) is 17.5 Å². The summed E-state index contributed by atoms with van der Waals surface area (Å²) in [6.07, 6.45) is 3.37. The Labute approximate surface area is 173 Å². The molecule has 0 aromatic carbocycles. The van der Waals surface area contributed by atoms with E-state index in [1.165, 1.54) is 16.0 Å². The molecule has 8 nitrogen and oxygen atoms in total. The number of piperazine rings is 1. The highest BCUT2D eigenvalue weighted by Gasteiger charge is 2.28. The Morgan fingerprint density at radius 1 is 1.28 bits per heavy atom. The molecule has 0 unspecified atom stereocenters. The SMILES string of the molecule is CN1CCN(c2cnn([C@@H]3CCCN(C(=O)c4sccc4C#N)C3)c(=O)c2)CC1. The predicted molar refractivity (Wildman–Crippen MR) is 111 cm³/mol. The molecule has 29 heavy (non-hydrogen) atoms. The van der Waals surface area contributed by atoms with Crippen molar-refractivity contribution in [1.82, 2.24) is 19.6 Å². The van der Waals surface area contributed by atoms with Crippen molar-refractivity contribution in [3.63, 3.8) is 0 Å². The van der Waals surface area contributed by atoms with Crippen LogP contribution >= 0.6 is 11.3 Å². The molecule has 4 rings (SSSR count). The maximum Gasteiger partial charge on any atom is 0.269 e. The number of hydrogen-bond donors (Lipinski definition) is 0. The maximum atomic E-state index is 12.9. The van der Waals surface area contributed by atoms with Crippen LogP contribution in [0.25, 0.3) is 0 Å². The van der Waals surface area contributed by atoms with Gasteiger partial charge in [-0.05, 0) is 31.3 Å². The Morgan fingerprint density at radius 2 is 2.07 bits per heavy atom. The molecule has 0 N–H and O–H groups in total. The van der Waals surface area contributed by atoms with Gasteiger partial charge in [-0.15, -0.1) is 11.3 Å². The Kier molecular flexibility index (Phi) is 5.65. The molecule has 0 spiro atoms. The minimum Gasteiger partial charge on any atom is -0.368 e. The van der Waals surface area contributed by atoms with Gasteiger partial charge in [-0.1, -0.05) is 0 Å².